The van der Waals surface area contributed by atoms with E-state index in [0.717, 1.165) is 5.56 Å². The lowest BCUT2D eigenvalue weighted by Crippen LogP contribution is -2.29. The molecule has 0 aliphatic carbocycles. The van der Waals surface area contributed by atoms with Gasteiger partial charge in [-0.1, -0.05) is 13.0 Å². The highest BCUT2D eigenvalue weighted by molar-refractivity contribution is 8.13. The van der Waals surface area contributed by atoms with Crippen LogP contribution in [-0.2, 0) is 20.2 Å². The number of halogens is 1. The summed E-state index contributed by atoms with van der Waals surface area (Å²) in [5.41, 5.74) is 1.09. The van der Waals surface area contributed by atoms with Gasteiger partial charge in [-0.05, 0) is 38.0 Å². The molecule has 1 aromatic rings. The van der Waals surface area contributed by atoms with Gasteiger partial charge in [0.25, 0.3) is 15.0 Å². The molecule has 0 saturated carbocycles. The molecule has 1 N–H and O–H groups in total. The molecule has 5 nitrogen and oxygen atoms in total. The lowest BCUT2D eigenvalue weighted by atomic mass is 10.0. The van der Waals surface area contributed by atoms with Crippen LogP contribution in [-0.4, -0.2) is 33.6 Å². The molecule has 0 spiro atoms. The van der Waals surface area contributed by atoms with Crippen molar-refractivity contribution < 1.29 is 17.9 Å². The fourth-order valence-electron chi connectivity index (χ4n) is 1.78. The van der Waals surface area contributed by atoms with Gasteiger partial charge >= 0.3 is 0 Å². The van der Waals surface area contributed by atoms with E-state index in [2.05, 4.69) is 5.32 Å². The lowest BCUT2D eigenvalue weighted by Gasteiger charge is -2.11. The van der Waals surface area contributed by atoms with Crippen molar-refractivity contribution in [3.8, 4) is 0 Å². The minimum Gasteiger partial charge on any atom is -0.377 e. The van der Waals surface area contributed by atoms with E-state index in [9.17, 15) is 13.2 Å². The lowest BCUT2D eigenvalue weighted by molar-refractivity contribution is 0.0746. The standard InChI is InChI=1S/C14H20ClNO4S/c1-4-11-5-6-12(21(15,18)19)9-13(11)14(17)16-7-8-20-10(2)3/h5-6,9-10H,4,7-8H2,1-3H3,(H,16,17). The first-order chi connectivity index (χ1) is 9.75. The molecule has 0 radical (unpaired) electrons. The molecule has 0 unspecified atom stereocenters. The predicted molar refractivity (Wildman–Crippen MR) is 82.3 cm³/mol. The van der Waals surface area contributed by atoms with Crippen LogP contribution in [0.4, 0.5) is 0 Å². The summed E-state index contributed by atoms with van der Waals surface area (Å²) in [5, 5.41) is 2.71. The smallest absolute Gasteiger partial charge is 0.261 e. The molecule has 0 heterocycles. The average Bonchev–Trinajstić information content (AvgIpc) is 2.41. The fraction of sp³-hybridized carbons (Fsp3) is 0.500. The van der Waals surface area contributed by atoms with Crippen LogP contribution in [0.2, 0.25) is 0 Å². The maximum Gasteiger partial charge on any atom is 0.261 e. The molecule has 0 atom stereocenters. The van der Waals surface area contributed by atoms with Crippen molar-refractivity contribution in [2.24, 2.45) is 0 Å². The molecule has 21 heavy (non-hydrogen) atoms. The molecule has 0 aromatic heterocycles. The summed E-state index contributed by atoms with van der Waals surface area (Å²) in [5.74, 6) is -0.332. The molecule has 1 rings (SSSR count). The van der Waals surface area contributed by atoms with E-state index in [1.165, 1.54) is 12.1 Å². The molecule has 0 aliphatic heterocycles. The second kappa shape index (κ2) is 7.77. The van der Waals surface area contributed by atoms with Gasteiger partial charge in [0.1, 0.15) is 0 Å². The van der Waals surface area contributed by atoms with Crippen molar-refractivity contribution in [3.63, 3.8) is 0 Å². The number of benzene rings is 1. The first-order valence-corrected chi connectivity index (χ1v) is 9.04. The molecule has 0 bridgehead atoms. The van der Waals surface area contributed by atoms with Crippen molar-refractivity contribution in [3.05, 3.63) is 29.3 Å². The largest absolute Gasteiger partial charge is 0.377 e. The maximum absolute atomic E-state index is 12.1. The molecule has 1 aromatic carbocycles. The van der Waals surface area contributed by atoms with Crippen molar-refractivity contribution in [2.45, 2.75) is 38.2 Å². The van der Waals surface area contributed by atoms with Gasteiger partial charge < -0.3 is 10.1 Å². The highest BCUT2D eigenvalue weighted by Crippen LogP contribution is 2.20. The average molecular weight is 334 g/mol. The third kappa shape index (κ3) is 5.65. The third-order valence-corrected chi connectivity index (χ3v) is 4.18. The Morgan fingerprint density at radius 3 is 2.57 bits per heavy atom. The Hall–Kier alpha value is -1.11. The van der Waals surface area contributed by atoms with Crippen LogP contribution >= 0.6 is 10.7 Å². The minimum absolute atomic E-state index is 0.0788. The molecular formula is C14H20ClNO4S. The van der Waals surface area contributed by atoms with Gasteiger partial charge in [0, 0.05) is 22.8 Å². The third-order valence-electron chi connectivity index (χ3n) is 2.83. The van der Waals surface area contributed by atoms with E-state index >= 15 is 0 Å². The van der Waals surface area contributed by atoms with Crippen LogP contribution in [0.3, 0.4) is 0 Å². The fourth-order valence-corrected chi connectivity index (χ4v) is 2.56. The van der Waals surface area contributed by atoms with Gasteiger partial charge in [0.15, 0.2) is 0 Å². The number of hydrogen-bond acceptors (Lipinski definition) is 4. The Bertz CT molecular complexity index is 599. The molecule has 118 valence electrons. The maximum atomic E-state index is 12.1. The molecular weight excluding hydrogens is 314 g/mol. The van der Waals surface area contributed by atoms with Crippen molar-refractivity contribution in [1.29, 1.82) is 0 Å². The van der Waals surface area contributed by atoms with Gasteiger partial charge in [-0.15, -0.1) is 0 Å². The zero-order valence-corrected chi connectivity index (χ0v) is 13.9. The zero-order chi connectivity index (χ0) is 16.0. The summed E-state index contributed by atoms with van der Waals surface area (Å²) in [6.45, 7) is 6.47. The Morgan fingerprint density at radius 1 is 1.38 bits per heavy atom. The number of hydrogen-bond donors (Lipinski definition) is 1. The van der Waals surface area contributed by atoms with Crippen molar-refractivity contribution >= 4 is 25.6 Å². The Balaban J connectivity index is 2.86. The van der Waals surface area contributed by atoms with E-state index in [0.29, 0.717) is 25.1 Å². The van der Waals surface area contributed by atoms with Crippen LogP contribution in [0.1, 0.15) is 36.7 Å². The van der Waals surface area contributed by atoms with Gasteiger partial charge in [-0.2, -0.15) is 0 Å². The minimum atomic E-state index is -3.85. The Morgan fingerprint density at radius 2 is 2.05 bits per heavy atom. The quantitative estimate of drug-likeness (QED) is 0.614. The van der Waals surface area contributed by atoms with Crippen molar-refractivity contribution in [1.82, 2.24) is 5.32 Å². The van der Waals surface area contributed by atoms with Crippen LogP contribution in [0, 0.1) is 0 Å². The van der Waals surface area contributed by atoms with E-state index in [4.69, 9.17) is 15.4 Å². The van der Waals surface area contributed by atoms with Crippen LogP contribution in [0.25, 0.3) is 0 Å². The molecule has 1 amide bonds. The summed E-state index contributed by atoms with van der Waals surface area (Å²) in [4.78, 5) is 12.1. The van der Waals surface area contributed by atoms with Crippen LogP contribution < -0.4 is 5.32 Å². The van der Waals surface area contributed by atoms with E-state index in [1.54, 1.807) is 6.07 Å². The number of nitrogens with one attached hydrogen (secondary N) is 1. The number of carbonyl (C=O) groups excluding carboxylic acids is 1. The summed E-state index contributed by atoms with van der Waals surface area (Å²) in [6, 6.07) is 4.31. The number of ether oxygens (including phenoxy) is 1. The summed E-state index contributed by atoms with van der Waals surface area (Å²) in [7, 11) is 1.46. The molecule has 7 heteroatoms. The second-order valence-corrected chi connectivity index (χ2v) is 7.35. The Labute approximate surface area is 130 Å². The monoisotopic (exact) mass is 333 g/mol. The number of carbonyl (C=O) groups is 1. The first-order valence-electron chi connectivity index (χ1n) is 6.73. The summed E-state index contributed by atoms with van der Waals surface area (Å²) < 4.78 is 28.0. The highest BCUT2D eigenvalue weighted by Gasteiger charge is 2.16. The van der Waals surface area contributed by atoms with Crippen molar-refractivity contribution in [2.75, 3.05) is 13.2 Å². The first kappa shape index (κ1) is 17.9. The van der Waals surface area contributed by atoms with E-state index in [1.807, 2.05) is 20.8 Å². The SMILES string of the molecule is CCc1ccc(S(=O)(=O)Cl)cc1C(=O)NCCOC(C)C. The predicted octanol–water partition coefficient (Wildman–Crippen LogP) is 2.33. The highest BCUT2D eigenvalue weighted by atomic mass is 35.7. The molecule has 0 aliphatic rings. The van der Waals surface area contributed by atoms with Crippen LogP contribution in [0.5, 0.6) is 0 Å². The normalized spacial score (nSPS) is 11.7. The number of rotatable bonds is 7. The summed E-state index contributed by atoms with van der Waals surface area (Å²) in [6.07, 6.45) is 0.714. The second-order valence-electron chi connectivity index (χ2n) is 4.79. The van der Waals surface area contributed by atoms with E-state index in [-0.39, 0.29) is 16.9 Å². The summed E-state index contributed by atoms with van der Waals surface area (Å²) >= 11 is 0. The molecule has 0 fully saturated rings. The van der Waals surface area contributed by atoms with Gasteiger partial charge in [0.2, 0.25) is 0 Å². The zero-order valence-electron chi connectivity index (χ0n) is 12.3. The van der Waals surface area contributed by atoms with E-state index < -0.39 is 9.05 Å². The number of aryl methyl sites for hydroxylation is 1. The topological polar surface area (TPSA) is 72.5 Å². The van der Waals surface area contributed by atoms with Gasteiger partial charge in [0.05, 0.1) is 17.6 Å². The van der Waals surface area contributed by atoms with Crippen LogP contribution in [0.15, 0.2) is 23.1 Å². The number of amides is 1. The Kier molecular flexibility index (Phi) is 6.64. The molecule has 0 saturated heterocycles. The van der Waals surface area contributed by atoms with Gasteiger partial charge in [-0.25, -0.2) is 8.42 Å². The van der Waals surface area contributed by atoms with Gasteiger partial charge in [-0.3, -0.25) is 4.79 Å².